The number of carbonyl (C=O) groups excluding carboxylic acids is 1. The molecule has 1 aliphatic rings. The Kier molecular flexibility index (Phi) is 6.52. The molecular weight excluding hydrogens is 414 g/mol. The zero-order valence-corrected chi connectivity index (χ0v) is 18.2. The van der Waals surface area contributed by atoms with Gasteiger partial charge in [-0.3, -0.25) is 24.0 Å². The number of carbonyl (C=O) groups is 1. The molecule has 170 valence electrons. The number of hydrogen-bond acceptors (Lipinski definition) is 7. The van der Waals surface area contributed by atoms with Crippen LogP contribution in [0.2, 0.25) is 0 Å². The van der Waals surface area contributed by atoms with Crippen LogP contribution in [-0.4, -0.2) is 58.2 Å². The second kappa shape index (κ2) is 9.49. The number of aryl methyl sites for hydroxylation is 2. The van der Waals surface area contributed by atoms with Gasteiger partial charge in [-0.1, -0.05) is 6.92 Å². The lowest BCUT2D eigenvalue weighted by Crippen LogP contribution is -2.43. The summed E-state index contributed by atoms with van der Waals surface area (Å²) < 4.78 is 12.7. The van der Waals surface area contributed by atoms with E-state index in [0.717, 1.165) is 24.6 Å². The van der Waals surface area contributed by atoms with Gasteiger partial charge >= 0.3 is 5.69 Å². The summed E-state index contributed by atoms with van der Waals surface area (Å²) in [6, 6.07) is 5.16. The number of hydrogen-bond donors (Lipinski definition) is 2. The Morgan fingerprint density at radius 2 is 2.06 bits per heavy atom. The summed E-state index contributed by atoms with van der Waals surface area (Å²) in [7, 11) is 0. The van der Waals surface area contributed by atoms with Crippen molar-refractivity contribution in [3.05, 3.63) is 62.3 Å². The van der Waals surface area contributed by atoms with Crippen LogP contribution in [0, 0.1) is 6.92 Å². The van der Waals surface area contributed by atoms with Crippen molar-refractivity contribution < 1.29 is 13.9 Å². The van der Waals surface area contributed by atoms with Gasteiger partial charge in [0.2, 0.25) is 0 Å². The lowest BCUT2D eigenvalue weighted by Gasteiger charge is -2.33. The highest BCUT2D eigenvalue weighted by atomic mass is 16.5. The Bertz CT molecular complexity index is 1220. The van der Waals surface area contributed by atoms with Crippen LogP contribution in [-0.2, 0) is 11.3 Å². The molecule has 0 bridgehead atoms. The van der Waals surface area contributed by atoms with Crippen LogP contribution in [0.1, 0.15) is 41.3 Å². The van der Waals surface area contributed by atoms with Gasteiger partial charge in [-0.25, -0.2) is 9.78 Å². The van der Waals surface area contributed by atoms with Crippen molar-refractivity contribution in [3.8, 4) is 0 Å². The zero-order valence-electron chi connectivity index (χ0n) is 18.2. The Hall–Kier alpha value is -3.24. The maximum absolute atomic E-state index is 12.9. The average molecular weight is 441 g/mol. The minimum atomic E-state index is -0.559. The van der Waals surface area contributed by atoms with Crippen molar-refractivity contribution in [2.24, 2.45) is 0 Å². The minimum Gasteiger partial charge on any atom is -0.465 e. The molecule has 1 aliphatic heterocycles. The van der Waals surface area contributed by atoms with E-state index in [4.69, 9.17) is 9.15 Å². The highest BCUT2D eigenvalue weighted by Crippen LogP contribution is 2.23. The smallest absolute Gasteiger partial charge is 0.329 e. The third-order valence-corrected chi connectivity index (χ3v) is 5.57. The second-order valence-corrected chi connectivity index (χ2v) is 7.83. The van der Waals surface area contributed by atoms with Crippen molar-refractivity contribution in [3.63, 3.8) is 0 Å². The second-order valence-electron chi connectivity index (χ2n) is 7.83. The molecule has 1 atom stereocenters. The Balaban J connectivity index is 1.57. The fourth-order valence-corrected chi connectivity index (χ4v) is 3.95. The molecule has 0 spiro atoms. The van der Waals surface area contributed by atoms with Gasteiger partial charge in [0.25, 0.3) is 11.5 Å². The summed E-state index contributed by atoms with van der Waals surface area (Å²) in [4.78, 5) is 46.1. The first-order chi connectivity index (χ1) is 15.5. The number of furan rings is 1. The van der Waals surface area contributed by atoms with Crippen molar-refractivity contribution in [2.75, 3.05) is 32.8 Å². The van der Waals surface area contributed by atoms with Gasteiger partial charge in [0.1, 0.15) is 17.2 Å². The van der Waals surface area contributed by atoms with Crippen molar-refractivity contribution in [2.45, 2.75) is 32.9 Å². The molecule has 0 aliphatic carbocycles. The molecule has 1 saturated heterocycles. The van der Waals surface area contributed by atoms with Crippen molar-refractivity contribution in [1.82, 2.24) is 24.8 Å². The van der Waals surface area contributed by atoms with E-state index in [1.807, 2.05) is 26.0 Å². The highest BCUT2D eigenvalue weighted by Gasteiger charge is 2.26. The van der Waals surface area contributed by atoms with Crippen LogP contribution in [0.3, 0.4) is 0 Å². The summed E-state index contributed by atoms with van der Waals surface area (Å²) >= 11 is 0. The fourth-order valence-electron chi connectivity index (χ4n) is 3.95. The molecule has 4 rings (SSSR count). The van der Waals surface area contributed by atoms with E-state index in [2.05, 4.69) is 20.2 Å². The van der Waals surface area contributed by atoms with Crippen LogP contribution in [0.15, 0.2) is 38.4 Å². The number of nitrogens with zero attached hydrogens (tertiary/aromatic N) is 3. The van der Waals surface area contributed by atoms with Crippen LogP contribution in [0.25, 0.3) is 11.0 Å². The number of H-pyrrole nitrogens is 1. The SMILES string of the molecule is CCCn1c(=O)[nH]c(=O)c2cc(C(=O)NCC(c3ccc(C)o3)N3CCOCC3)cnc21. The van der Waals surface area contributed by atoms with Crippen LogP contribution >= 0.6 is 0 Å². The largest absolute Gasteiger partial charge is 0.465 e. The quantitative estimate of drug-likeness (QED) is 0.565. The maximum atomic E-state index is 12.9. The summed E-state index contributed by atoms with van der Waals surface area (Å²) in [5.41, 5.74) is -0.539. The summed E-state index contributed by atoms with van der Waals surface area (Å²) in [5, 5.41) is 3.14. The lowest BCUT2D eigenvalue weighted by atomic mass is 10.1. The number of nitrogens with one attached hydrogen (secondary N) is 2. The molecular formula is C22H27N5O5. The molecule has 1 unspecified atom stereocenters. The standard InChI is InChI=1S/C22H27N5O5/c1-3-6-27-19-16(21(29)25-22(27)30)11-15(12-23-19)20(28)24-13-17(18-5-4-14(2)32-18)26-7-9-31-10-8-26/h4-5,11-12,17H,3,6-10,13H2,1-2H3,(H,24,28)(H,25,29,30). The van der Waals surface area contributed by atoms with E-state index in [0.29, 0.717) is 32.7 Å². The van der Waals surface area contributed by atoms with Gasteiger partial charge in [0.05, 0.1) is 30.2 Å². The predicted molar refractivity (Wildman–Crippen MR) is 118 cm³/mol. The molecule has 0 aromatic carbocycles. The number of aromatic nitrogens is 3. The van der Waals surface area contributed by atoms with Crippen LogP contribution < -0.4 is 16.6 Å². The topological polar surface area (TPSA) is 122 Å². The first kappa shape index (κ1) is 22.0. The molecule has 4 heterocycles. The van der Waals surface area contributed by atoms with Crippen LogP contribution in [0.5, 0.6) is 0 Å². The van der Waals surface area contributed by atoms with Gasteiger partial charge < -0.3 is 14.5 Å². The van der Waals surface area contributed by atoms with E-state index < -0.39 is 11.2 Å². The van der Waals surface area contributed by atoms with E-state index in [-0.39, 0.29) is 28.5 Å². The predicted octanol–water partition coefficient (Wildman–Crippen LogP) is 1.20. The van der Waals surface area contributed by atoms with E-state index in [1.54, 1.807) is 0 Å². The van der Waals surface area contributed by atoms with Crippen LogP contribution in [0.4, 0.5) is 0 Å². The molecule has 1 amide bonds. The van der Waals surface area contributed by atoms with E-state index in [1.165, 1.54) is 16.8 Å². The molecule has 10 heteroatoms. The summed E-state index contributed by atoms with van der Waals surface area (Å²) in [6.07, 6.45) is 2.10. The van der Waals surface area contributed by atoms with Gasteiger partial charge in [-0.05, 0) is 31.5 Å². The number of rotatable bonds is 7. The van der Waals surface area contributed by atoms with Gasteiger partial charge in [-0.15, -0.1) is 0 Å². The number of fused-ring (bicyclic) bond motifs is 1. The van der Waals surface area contributed by atoms with Crippen molar-refractivity contribution in [1.29, 1.82) is 0 Å². The Labute approximate surface area is 184 Å². The lowest BCUT2D eigenvalue weighted by molar-refractivity contribution is 0.0117. The Morgan fingerprint density at radius 1 is 1.28 bits per heavy atom. The maximum Gasteiger partial charge on any atom is 0.329 e. The fraction of sp³-hybridized carbons (Fsp3) is 0.455. The molecule has 0 radical (unpaired) electrons. The average Bonchev–Trinajstić information content (AvgIpc) is 3.23. The molecule has 10 nitrogen and oxygen atoms in total. The summed E-state index contributed by atoms with van der Waals surface area (Å²) in [5.74, 6) is 1.23. The summed E-state index contributed by atoms with van der Waals surface area (Å²) in [6.45, 7) is 7.29. The Morgan fingerprint density at radius 3 is 2.75 bits per heavy atom. The zero-order chi connectivity index (χ0) is 22.7. The van der Waals surface area contributed by atoms with E-state index >= 15 is 0 Å². The number of morpholine rings is 1. The first-order valence-corrected chi connectivity index (χ1v) is 10.8. The molecule has 3 aromatic rings. The molecule has 2 N–H and O–H groups in total. The third kappa shape index (κ3) is 4.51. The number of ether oxygens (including phenoxy) is 1. The molecule has 32 heavy (non-hydrogen) atoms. The normalized spacial score (nSPS) is 15.7. The monoisotopic (exact) mass is 441 g/mol. The number of pyridine rings is 1. The molecule has 3 aromatic heterocycles. The van der Waals surface area contributed by atoms with Gasteiger partial charge in [0.15, 0.2) is 0 Å². The number of aromatic amines is 1. The van der Waals surface area contributed by atoms with Gasteiger partial charge in [0, 0.05) is 32.4 Å². The number of amides is 1. The molecule has 1 fully saturated rings. The first-order valence-electron chi connectivity index (χ1n) is 10.8. The minimum absolute atomic E-state index is 0.136. The molecule has 0 saturated carbocycles. The van der Waals surface area contributed by atoms with Gasteiger partial charge in [-0.2, -0.15) is 0 Å². The third-order valence-electron chi connectivity index (χ3n) is 5.57. The van der Waals surface area contributed by atoms with Crippen molar-refractivity contribution >= 4 is 16.9 Å². The van der Waals surface area contributed by atoms with E-state index in [9.17, 15) is 14.4 Å². The highest BCUT2D eigenvalue weighted by molar-refractivity contribution is 5.96.